The Morgan fingerprint density at radius 3 is 1.20 bits per heavy atom. The molecule has 5 nitrogen and oxygen atoms in total. The molecule has 0 N–H and O–H groups in total. The summed E-state index contributed by atoms with van der Waals surface area (Å²) in [6.45, 7) is 7.58. The fraction of sp³-hybridized carbons (Fsp3) is 0.709. The molecule has 0 radical (unpaired) electrons. The van der Waals surface area contributed by atoms with Crippen LogP contribution in [0.2, 0.25) is 0 Å². The molecule has 344 valence electrons. The molecule has 0 saturated carbocycles. The summed E-state index contributed by atoms with van der Waals surface area (Å²) in [5, 5.41) is 0. The molecule has 5 heteroatoms. The Labute approximate surface area is 371 Å². The highest BCUT2D eigenvalue weighted by Gasteiger charge is 2.17. The van der Waals surface area contributed by atoms with Gasteiger partial charge >= 0.3 is 11.9 Å². The van der Waals surface area contributed by atoms with E-state index in [1.165, 1.54) is 89.9 Å². The lowest BCUT2D eigenvalue weighted by Gasteiger charge is -2.18. The van der Waals surface area contributed by atoms with E-state index in [9.17, 15) is 9.59 Å². The number of allylic oxidation sites excluding steroid dienone is 14. The number of carbonyl (C=O) groups is 2. The Balaban J connectivity index is 4.37. The molecule has 60 heavy (non-hydrogen) atoms. The molecule has 0 aliphatic heterocycles. The van der Waals surface area contributed by atoms with E-state index in [4.69, 9.17) is 14.2 Å². The van der Waals surface area contributed by atoms with Crippen molar-refractivity contribution in [3.8, 4) is 0 Å². The van der Waals surface area contributed by atoms with E-state index in [-0.39, 0.29) is 25.2 Å². The average molecular weight is 835 g/mol. The van der Waals surface area contributed by atoms with Gasteiger partial charge in [0.2, 0.25) is 0 Å². The Bertz CT molecular complexity index is 1130. The molecular weight excluding hydrogens is 741 g/mol. The first-order valence-electron chi connectivity index (χ1n) is 25.1. The van der Waals surface area contributed by atoms with Crippen LogP contribution in [-0.4, -0.2) is 37.9 Å². The minimum atomic E-state index is -0.564. The molecule has 0 aliphatic carbocycles. The molecule has 0 fully saturated rings. The van der Waals surface area contributed by atoms with Crippen LogP contribution in [0.1, 0.15) is 226 Å². The van der Waals surface area contributed by atoms with Crippen LogP contribution in [0, 0.1) is 0 Å². The second-order valence-electron chi connectivity index (χ2n) is 16.3. The zero-order valence-corrected chi connectivity index (χ0v) is 39.5. The van der Waals surface area contributed by atoms with Gasteiger partial charge in [0.05, 0.1) is 6.61 Å². The largest absolute Gasteiger partial charge is 0.462 e. The minimum Gasteiger partial charge on any atom is -0.462 e. The predicted molar refractivity (Wildman–Crippen MR) is 260 cm³/mol. The van der Waals surface area contributed by atoms with Crippen molar-refractivity contribution >= 4 is 11.9 Å². The predicted octanol–water partition coefficient (Wildman–Crippen LogP) is 16.9. The zero-order chi connectivity index (χ0) is 43.5. The van der Waals surface area contributed by atoms with E-state index in [1.807, 2.05) is 0 Å². The van der Waals surface area contributed by atoms with E-state index in [1.54, 1.807) is 0 Å². The van der Waals surface area contributed by atoms with Crippen LogP contribution in [0.3, 0.4) is 0 Å². The normalized spacial score (nSPS) is 12.9. The lowest BCUT2D eigenvalue weighted by molar-refractivity contribution is -0.163. The fourth-order valence-corrected chi connectivity index (χ4v) is 6.64. The standard InChI is InChI=1S/C55H94O5/c1-4-7-10-13-16-19-22-25-28-30-33-36-39-42-45-48-54(56)59-52-53(51-58-50-47-44-41-38-35-32-27-24-21-18-15-12-9-6-3)60-55(57)49-46-43-40-37-34-31-29-26-23-20-17-14-11-8-5-2/h9,12,16-21,25-29,32,53H,4-8,10-11,13-15,22-24,30-31,33-52H2,1-3H3/b12-9-,19-16-,20-17-,21-18-,28-25-,29-26-,32-27-. The van der Waals surface area contributed by atoms with Gasteiger partial charge in [-0.1, -0.05) is 183 Å². The van der Waals surface area contributed by atoms with Gasteiger partial charge < -0.3 is 14.2 Å². The minimum absolute atomic E-state index is 0.0595. The van der Waals surface area contributed by atoms with Crippen molar-refractivity contribution in [1.82, 2.24) is 0 Å². The summed E-state index contributed by atoms with van der Waals surface area (Å²) in [4.78, 5) is 25.4. The second-order valence-corrected chi connectivity index (χ2v) is 16.3. The van der Waals surface area contributed by atoms with Gasteiger partial charge in [-0.15, -0.1) is 0 Å². The molecule has 0 aromatic heterocycles. The van der Waals surface area contributed by atoms with Gasteiger partial charge in [0.1, 0.15) is 6.61 Å². The van der Waals surface area contributed by atoms with Crippen molar-refractivity contribution in [3.63, 3.8) is 0 Å². The maximum atomic E-state index is 12.8. The van der Waals surface area contributed by atoms with Crippen molar-refractivity contribution in [1.29, 1.82) is 0 Å². The first kappa shape index (κ1) is 57.1. The Hall–Kier alpha value is -2.92. The van der Waals surface area contributed by atoms with Gasteiger partial charge in [-0.25, -0.2) is 0 Å². The van der Waals surface area contributed by atoms with E-state index >= 15 is 0 Å². The van der Waals surface area contributed by atoms with Crippen LogP contribution < -0.4 is 0 Å². The van der Waals surface area contributed by atoms with Gasteiger partial charge in [-0.2, -0.15) is 0 Å². The van der Waals surface area contributed by atoms with Crippen LogP contribution in [-0.2, 0) is 23.8 Å². The Kier molecular flexibility index (Phi) is 48.0. The summed E-state index contributed by atoms with van der Waals surface area (Å²) in [5.74, 6) is -0.444. The van der Waals surface area contributed by atoms with Gasteiger partial charge in [0, 0.05) is 19.4 Å². The van der Waals surface area contributed by atoms with E-state index in [2.05, 4.69) is 106 Å². The Morgan fingerprint density at radius 1 is 0.383 bits per heavy atom. The number of ether oxygens (including phenoxy) is 3. The lowest BCUT2D eigenvalue weighted by atomic mass is 10.1. The van der Waals surface area contributed by atoms with Crippen LogP contribution in [0.15, 0.2) is 85.1 Å². The van der Waals surface area contributed by atoms with Crippen molar-refractivity contribution in [2.24, 2.45) is 0 Å². The smallest absolute Gasteiger partial charge is 0.306 e. The number of hydrogen-bond acceptors (Lipinski definition) is 5. The SMILES string of the molecule is CC/C=C\C/C=C\C/C=C\CCCCCCOCC(COC(=O)CCCCCCC/C=C\C/C=C\CCCCC)OC(=O)CCCCCCC/C=C\C/C=C\CCCCC. The maximum absolute atomic E-state index is 12.8. The lowest BCUT2D eigenvalue weighted by Crippen LogP contribution is -2.30. The monoisotopic (exact) mass is 835 g/mol. The molecule has 0 heterocycles. The molecule has 0 rings (SSSR count). The molecular formula is C55H94O5. The van der Waals surface area contributed by atoms with Crippen LogP contribution in [0.5, 0.6) is 0 Å². The molecule has 0 spiro atoms. The van der Waals surface area contributed by atoms with Gasteiger partial charge in [-0.05, 0) is 116 Å². The molecule has 0 aromatic carbocycles. The van der Waals surface area contributed by atoms with E-state index in [0.717, 1.165) is 103 Å². The molecule has 1 atom stereocenters. The van der Waals surface area contributed by atoms with Crippen molar-refractivity contribution < 1.29 is 23.8 Å². The van der Waals surface area contributed by atoms with Crippen LogP contribution in [0.4, 0.5) is 0 Å². The Morgan fingerprint density at radius 2 is 0.750 bits per heavy atom. The molecule has 0 aromatic rings. The van der Waals surface area contributed by atoms with E-state index in [0.29, 0.717) is 19.4 Å². The molecule has 0 bridgehead atoms. The first-order valence-corrected chi connectivity index (χ1v) is 25.1. The molecule has 0 amide bonds. The first-order chi connectivity index (χ1) is 29.6. The topological polar surface area (TPSA) is 61.8 Å². The summed E-state index contributed by atoms with van der Waals surface area (Å²) in [6, 6.07) is 0. The quantitative estimate of drug-likeness (QED) is 0.0347. The average Bonchev–Trinajstić information content (AvgIpc) is 3.25. The highest BCUT2D eigenvalue weighted by atomic mass is 16.6. The van der Waals surface area contributed by atoms with Crippen molar-refractivity contribution in [3.05, 3.63) is 85.1 Å². The van der Waals surface area contributed by atoms with Gasteiger partial charge in [-0.3, -0.25) is 9.59 Å². The van der Waals surface area contributed by atoms with Crippen LogP contribution >= 0.6 is 0 Å². The summed E-state index contributed by atoms with van der Waals surface area (Å²) >= 11 is 0. The van der Waals surface area contributed by atoms with Crippen molar-refractivity contribution in [2.75, 3.05) is 19.8 Å². The number of esters is 2. The van der Waals surface area contributed by atoms with Gasteiger partial charge in [0.25, 0.3) is 0 Å². The summed E-state index contributed by atoms with van der Waals surface area (Å²) in [6.07, 6.45) is 65.8. The molecule has 0 saturated heterocycles. The third-order valence-electron chi connectivity index (χ3n) is 10.4. The molecule has 1 unspecified atom stereocenters. The summed E-state index contributed by atoms with van der Waals surface area (Å²) < 4.78 is 17.3. The highest BCUT2D eigenvalue weighted by molar-refractivity contribution is 5.70. The molecule has 0 aliphatic rings. The van der Waals surface area contributed by atoms with E-state index < -0.39 is 6.10 Å². The van der Waals surface area contributed by atoms with Gasteiger partial charge in [0.15, 0.2) is 6.10 Å². The number of carbonyl (C=O) groups excluding carboxylic acids is 2. The summed E-state index contributed by atoms with van der Waals surface area (Å²) in [7, 11) is 0. The number of unbranched alkanes of at least 4 members (excludes halogenated alkanes) is 20. The fourth-order valence-electron chi connectivity index (χ4n) is 6.64. The van der Waals surface area contributed by atoms with Crippen LogP contribution in [0.25, 0.3) is 0 Å². The zero-order valence-electron chi connectivity index (χ0n) is 39.5. The maximum Gasteiger partial charge on any atom is 0.306 e. The number of rotatable bonds is 45. The third-order valence-corrected chi connectivity index (χ3v) is 10.4. The number of hydrogen-bond donors (Lipinski definition) is 0. The van der Waals surface area contributed by atoms with Crippen molar-refractivity contribution in [2.45, 2.75) is 232 Å². The second kappa shape index (κ2) is 50.4. The summed E-state index contributed by atoms with van der Waals surface area (Å²) in [5.41, 5.74) is 0. The third kappa shape index (κ3) is 47.8. The highest BCUT2D eigenvalue weighted by Crippen LogP contribution is 2.12.